The average Bonchev–Trinajstić information content (AvgIpc) is 3.50. The molecule has 1 heterocycles. The number of carboxylic acids is 1. The molecular formula is C29H36F2N2O3. The molecular weight excluding hydrogens is 462 g/mol. The molecule has 0 unspecified atom stereocenters. The van der Waals surface area contributed by atoms with Crippen molar-refractivity contribution in [1.29, 1.82) is 0 Å². The molecule has 3 aliphatic rings. The molecule has 0 radical (unpaired) electrons. The van der Waals surface area contributed by atoms with Gasteiger partial charge < -0.3 is 15.0 Å². The van der Waals surface area contributed by atoms with E-state index in [1.165, 1.54) is 19.3 Å². The van der Waals surface area contributed by atoms with Crippen LogP contribution in [-0.4, -0.2) is 27.6 Å². The Morgan fingerprint density at radius 3 is 2.42 bits per heavy atom. The Bertz CT molecular complexity index is 1160. The van der Waals surface area contributed by atoms with Crippen molar-refractivity contribution in [1.82, 2.24) is 9.88 Å². The van der Waals surface area contributed by atoms with Gasteiger partial charge in [0.15, 0.2) is 0 Å². The van der Waals surface area contributed by atoms with Gasteiger partial charge in [-0.05, 0) is 92.2 Å². The summed E-state index contributed by atoms with van der Waals surface area (Å²) < 4.78 is 30.0. The first-order valence-electron chi connectivity index (χ1n) is 13.3. The van der Waals surface area contributed by atoms with Gasteiger partial charge in [-0.2, -0.15) is 0 Å². The zero-order valence-electron chi connectivity index (χ0n) is 21.2. The van der Waals surface area contributed by atoms with Crippen molar-refractivity contribution in [3.8, 4) is 11.3 Å². The van der Waals surface area contributed by atoms with E-state index < -0.39 is 18.3 Å². The number of carboxylic acid groups (broad SMARTS) is 1. The maximum Gasteiger partial charge on any atom is 0.306 e. The van der Waals surface area contributed by atoms with Gasteiger partial charge in [0.1, 0.15) is 0 Å². The lowest BCUT2D eigenvalue weighted by Crippen LogP contribution is -2.46. The Morgan fingerprint density at radius 1 is 1.11 bits per heavy atom. The van der Waals surface area contributed by atoms with Gasteiger partial charge in [-0.15, -0.1) is 0 Å². The third kappa shape index (κ3) is 4.94. The number of amides is 1. The molecule has 0 saturated heterocycles. The highest BCUT2D eigenvalue weighted by Gasteiger charge is 2.40. The van der Waals surface area contributed by atoms with Crippen molar-refractivity contribution in [3.63, 3.8) is 0 Å². The number of aromatic nitrogens is 1. The Labute approximate surface area is 211 Å². The topological polar surface area (TPSA) is 71.3 Å². The minimum atomic E-state index is -2.56. The van der Waals surface area contributed by atoms with Crippen molar-refractivity contribution >= 4 is 11.9 Å². The first kappa shape index (κ1) is 25.0. The number of carbonyl (C=O) groups excluding carboxylic acids is 1. The maximum atomic E-state index is 13.9. The van der Waals surface area contributed by atoms with E-state index in [1.54, 1.807) is 12.1 Å². The monoisotopic (exact) mass is 498 g/mol. The highest BCUT2D eigenvalue weighted by atomic mass is 19.3. The summed E-state index contributed by atoms with van der Waals surface area (Å²) in [4.78, 5) is 24.4. The summed E-state index contributed by atoms with van der Waals surface area (Å²) in [5.41, 5.74) is 3.85. The number of halogens is 2. The average molecular weight is 499 g/mol. The van der Waals surface area contributed by atoms with E-state index in [-0.39, 0.29) is 22.9 Å². The van der Waals surface area contributed by atoms with Gasteiger partial charge in [0, 0.05) is 29.5 Å². The number of nitrogens with zero attached hydrogens (tertiary/aromatic N) is 1. The molecule has 2 N–H and O–H groups in total. The zero-order chi connectivity index (χ0) is 25.6. The van der Waals surface area contributed by atoms with Gasteiger partial charge in [-0.25, -0.2) is 8.78 Å². The number of nitrogens with one attached hydrogen (secondary N) is 1. The second-order valence-corrected chi connectivity index (χ2v) is 11.5. The van der Waals surface area contributed by atoms with Gasteiger partial charge >= 0.3 is 5.97 Å². The molecule has 5 nitrogen and oxygen atoms in total. The largest absolute Gasteiger partial charge is 0.481 e. The van der Waals surface area contributed by atoms with Crippen LogP contribution in [0.2, 0.25) is 0 Å². The Hall–Kier alpha value is -2.70. The lowest BCUT2D eigenvalue weighted by Gasteiger charge is -2.32. The second kappa shape index (κ2) is 9.64. The second-order valence-electron chi connectivity index (χ2n) is 11.5. The van der Waals surface area contributed by atoms with Crippen molar-refractivity contribution in [3.05, 3.63) is 46.6 Å². The molecule has 0 bridgehead atoms. The third-order valence-electron chi connectivity index (χ3n) is 8.80. The first-order chi connectivity index (χ1) is 17.1. The van der Waals surface area contributed by atoms with E-state index in [4.69, 9.17) is 5.11 Å². The van der Waals surface area contributed by atoms with Crippen LogP contribution in [0.4, 0.5) is 8.78 Å². The molecule has 3 fully saturated rings. The van der Waals surface area contributed by atoms with Crippen LogP contribution in [0.3, 0.4) is 0 Å². The predicted molar refractivity (Wildman–Crippen MR) is 134 cm³/mol. The third-order valence-corrected chi connectivity index (χ3v) is 8.80. The van der Waals surface area contributed by atoms with Crippen molar-refractivity contribution < 1.29 is 23.5 Å². The molecule has 3 aliphatic carbocycles. The van der Waals surface area contributed by atoms with Crippen LogP contribution in [0.25, 0.3) is 11.3 Å². The van der Waals surface area contributed by atoms with E-state index >= 15 is 0 Å². The zero-order valence-corrected chi connectivity index (χ0v) is 21.2. The summed E-state index contributed by atoms with van der Waals surface area (Å²) in [7, 11) is 0. The van der Waals surface area contributed by atoms with Crippen LogP contribution in [0.5, 0.6) is 0 Å². The first-order valence-corrected chi connectivity index (χ1v) is 13.3. The van der Waals surface area contributed by atoms with Crippen LogP contribution >= 0.6 is 0 Å². The molecule has 1 aromatic heterocycles. The molecule has 0 aliphatic heterocycles. The fourth-order valence-corrected chi connectivity index (χ4v) is 5.93. The maximum absolute atomic E-state index is 13.9. The van der Waals surface area contributed by atoms with E-state index in [0.29, 0.717) is 24.3 Å². The molecule has 7 heteroatoms. The number of hydrogen-bond donors (Lipinski definition) is 2. The van der Waals surface area contributed by atoms with Gasteiger partial charge in [0.05, 0.1) is 11.5 Å². The Kier molecular flexibility index (Phi) is 6.69. The number of alkyl halides is 2. The summed E-state index contributed by atoms with van der Waals surface area (Å²) >= 11 is 0. The van der Waals surface area contributed by atoms with E-state index in [2.05, 4.69) is 16.8 Å². The van der Waals surface area contributed by atoms with Crippen LogP contribution in [0, 0.1) is 18.8 Å². The minimum absolute atomic E-state index is 0.0267. The standard InChI is InChI=1S/C29H36F2N2O3/c1-17-24(27(34)32-23-13-21(14-23)28(35)36)15-25(33(17)16-18-6-4-3-5-7-18)19-10-20(26(30)31)12-22(11-19)29(2)8-9-29/h10-12,15,18,21,23,26H,3-9,13-14,16H2,1-2H3,(H,32,34)(H,35,36). The SMILES string of the molecule is Cc1c(C(=O)NC2CC(C(=O)O)C2)cc(-c2cc(C(F)F)cc(C3(C)CC3)c2)n1CC1CCCCC1. The number of hydrogen-bond acceptors (Lipinski definition) is 2. The molecule has 194 valence electrons. The highest BCUT2D eigenvalue weighted by Crippen LogP contribution is 2.49. The number of carbonyl (C=O) groups is 2. The smallest absolute Gasteiger partial charge is 0.306 e. The van der Waals surface area contributed by atoms with Gasteiger partial charge in [0.2, 0.25) is 0 Å². The van der Waals surface area contributed by atoms with Crippen LogP contribution < -0.4 is 5.32 Å². The molecule has 2 aromatic rings. The molecule has 36 heavy (non-hydrogen) atoms. The molecule has 1 aromatic carbocycles. The molecule has 0 atom stereocenters. The van der Waals surface area contributed by atoms with Crippen molar-refractivity contribution in [2.45, 2.75) is 96.1 Å². The van der Waals surface area contributed by atoms with Crippen molar-refractivity contribution in [2.24, 2.45) is 11.8 Å². The van der Waals surface area contributed by atoms with Gasteiger partial charge in [-0.1, -0.05) is 26.2 Å². The highest BCUT2D eigenvalue weighted by molar-refractivity contribution is 5.97. The number of rotatable bonds is 8. The minimum Gasteiger partial charge on any atom is -0.481 e. The number of benzene rings is 1. The Morgan fingerprint density at radius 2 is 1.81 bits per heavy atom. The summed E-state index contributed by atoms with van der Waals surface area (Å²) in [6, 6.07) is 6.97. The van der Waals surface area contributed by atoms with E-state index in [9.17, 15) is 18.4 Å². The summed E-state index contributed by atoms with van der Waals surface area (Å²) in [5, 5.41) is 12.1. The fourth-order valence-electron chi connectivity index (χ4n) is 5.93. The normalized spacial score (nSPS) is 23.4. The summed E-state index contributed by atoms with van der Waals surface area (Å²) in [6.07, 6.45) is 6.22. The molecule has 5 rings (SSSR count). The summed E-state index contributed by atoms with van der Waals surface area (Å²) in [5.74, 6) is -0.940. The predicted octanol–water partition coefficient (Wildman–Crippen LogP) is 6.63. The van der Waals surface area contributed by atoms with E-state index in [1.807, 2.05) is 19.1 Å². The fraction of sp³-hybridized carbons (Fsp3) is 0.586. The molecule has 1 amide bonds. The lowest BCUT2D eigenvalue weighted by molar-refractivity contribution is -0.145. The Balaban J connectivity index is 1.50. The van der Waals surface area contributed by atoms with Crippen LogP contribution in [0.1, 0.15) is 98.3 Å². The lowest BCUT2D eigenvalue weighted by atomic mass is 9.80. The van der Waals surface area contributed by atoms with Crippen LogP contribution in [-0.2, 0) is 16.8 Å². The van der Waals surface area contributed by atoms with Crippen molar-refractivity contribution in [2.75, 3.05) is 0 Å². The molecule has 3 saturated carbocycles. The number of aliphatic carboxylic acids is 1. The van der Waals surface area contributed by atoms with Crippen LogP contribution in [0.15, 0.2) is 24.3 Å². The summed E-state index contributed by atoms with van der Waals surface area (Å²) in [6.45, 7) is 4.82. The van der Waals surface area contributed by atoms with E-state index in [0.717, 1.165) is 54.7 Å². The quantitative estimate of drug-likeness (QED) is 0.429. The van der Waals surface area contributed by atoms with Gasteiger partial charge in [0.25, 0.3) is 12.3 Å². The molecule has 0 spiro atoms. The van der Waals surface area contributed by atoms with Gasteiger partial charge in [-0.3, -0.25) is 9.59 Å².